The van der Waals surface area contributed by atoms with Crippen LogP contribution in [0.15, 0.2) is 47.8 Å². The van der Waals surface area contributed by atoms with Gasteiger partial charge < -0.3 is 10.3 Å². The molecule has 2 heterocycles. The normalized spacial score (nSPS) is 11.7. The van der Waals surface area contributed by atoms with E-state index in [9.17, 15) is 4.79 Å². The van der Waals surface area contributed by atoms with Crippen LogP contribution in [0.3, 0.4) is 0 Å². The van der Waals surface area contributed by atoms with Crippen LogP contribution in [-0.2, 0) is 5.41 Å². The fraction of sp³-hybridized carbons (Fsp3) is 0.235. The van der Waals surface area contributed by atoms with Gasteiger partial charge in [-0.15, -0.1) is 11.3 Å². The summed E-state index contributed by atoms with van der Waals surface area (Å²) in [5.74, 6) is -0.0594. The topological polar surface area (TPSA) is 44.9 Å². The Morgan fingerprint density at radius 1 is 1.24 bits per heavy atom. The summed E-state index contributed by atoms with van der Waals surface area (Å²) >= 11 is 1.72. The number of amides is 1. The molecule has 3 aromatic rings. The van der Waals surface area contributed by atoms with Crippen molar-refractivity contribution in [3.8, 4) is 0 Å². The third-order valence-corrected chi connectivity index (χ3v) is 4.89. The second-order valence-electron chi connectivity index (χ2n) is 5.81. The van der Waals surface area contributed by atoms with Gasteiger partial charge in [-0.2, -0.15) is 0 Å². The first kappa shape index (κ1) is 13.9. The summed E-state index contributed by atoms with van der Waals surface area (Å²) in [4.78, 5) is 16.7. The Hall–Kier alpha value is -2.07. The minimum absolute atomic E-state index is 0.0594. The Bertz CT molecular complexity index is 723. The average Bonchev–Trinajstić information content (AvgIpc) is 3.13. The molecule has 2 aromatic heterocycles. The molecule has 0 aliphatic carbocycles. The van der Waals surface area contributed by atoms with Crippen molar-refractivity contribution in [1.82, 2.24) is 10.3 Å². The van der Waals surface area contributed by atoms with E-state index >= 15 is 0 Å². The van der Waals surface area contributed by atoms with Crippen LogP contribution in [0.2, 0.25) is 0 Å². The van der Waals surface area contributed by atoms with Crippen molar-refractivity contribution in [3.63, 3.8) is 0 Å². The monoisotopic (exact) mass is 298 g/mol. The lowest BCUT2D eigenvalue weighted by atomic mass is 9.91. The fourth-order valence-electron chi connectivity index (χ4n) is 2.34. The van der Waals surface area contributed by atoms with Crippen LogP contribution in [-0.4, -0.2) is 17.4 Å². The molecule has 1 amide bonds. The van der Waals surface area contributed by atoms with Crippen molar-refractivity contribution in [1.29, 1.82) is 0 Å². The number of benzene rings is 1. The van der Waals surface area contributed by atoms with Crippen LogP contribution < -0.4 is 5.32 Å². The SMILES string of the molecule is CC(C)(CNC(=O)c1cc2ccccc2[nH]1)c1cccs1. The lowest BCUT2D eigenvalue weighted by Gasteiger charge is -2.23. The fourth-order valence-corrected chi connectivity index (χ4v) is 3.20. The number of carbonyl (C=O) groups is 1. The molecule has 0 saturated carbocycles. The first-order valence-corrected chi connectivity index (χ1v) is 7.84. The van der Waals surface area contributed by atoms with Crippen LogP contribution >= 0.6 is 11.3 Å². The first-order chi connectivity index (χ1) is 10.1. The van der Waals surface area contributed by atoms with Gasteiger partial charge in [-0.3, -0.25) is 4.79 Å². The van der Waals surface area contributed by atoms with Crippen molar-refractivity contribution in [2.24, 2.45) is 0 Å². The van der Waals surface area contributed by atoms with Gasteiger partial charge in [0.1, 0.15) is 5.69 Å². The average molecular weight is 298 g/mol. The van der Waals surface area contributed by atoms with Crippen molar-refractivity contribution in [3.05, 3.63) is 58.4 Å². The van der Waals surface area contributed by atoms with Crippen LogP contribution in [0.5, 0.6) is 0 Å². The van der Waals surface area contributed by atoms with Gasteiger partial charge in [0.15, 0.2) is 0 Å². The van der Waals surface area contributed by atoms with Crippen molar-refractivity contribution in [2.45, 2.75) is 19.3 Å². The van der Waals surface area contributed by atoms with E-state index in [1.807, 2.05) is 36.4 Å². The standard InChI is InChI=1S/C17H18N2OS/c1-17(2,15-8-5-9-21-15)11-18-16(20)14-10-12-6-3-4-7-13(12)19-14/h3-10,19H,11H2,1-2H3,(H,18,20). The van der Waals surface area contributed by atoms with Gasteiger partial charge in [0.2, 0.25) is 0 Å². The van der Waals surface area contributed by atoms with Crippen molar-refractivity contribution < 1.29 is 4.79 Å². The molecule has 2 N–H and O–H groups in total. The quantitative estimate of drug-likeness (QED) is 0.753. The number of fused-ring (bicyclic) bond motifs is 1. The Kier molecular flexibility index (Phi) is 3.55. The van der Waals surface area contributed by atoms with E-state index in [-0.39, 0.29) is 11.3 Å². The van der Waals surface area contributed by atoms with E-state index in [0.29, 0.717) is 12.2 Å². The van der Waals surface area contributed by atoms with E-state index in [1.165, 1.54) is 4.88 Å². The molecule has 108 valence electrons. The molecule has 0 aliphatic heterocycles. The molecule has 0 saturated heterocycles. The molecule has 0 atom stereocenters. The maximum atomic E-state index is 12.3. The number of carbonyl (C=O) groups excluding carboxylic acids is 1. The maximum Gasteiger partial charge on any atom is 0.267 e. The summed E-state index contributed by atoms with van der Waals surface area (Å²) in [6, 6.07) is 13.9. The van der Waals surface area contributed by atoms with Crippen molar-refractivity contribution in [2.75, 3.05) is 6.54 Å². The van der Waals surface area contributed by atoms with E-state index in [4.69, 9.17) is 0 Å². The highest BCUT2D eigenvalue weighted by Gasteiger charge is 2.23. The molecular formula is C17H18N2OS. The molecule has 4 heteroatoms. The maximum absolute atomic E-state index is 12.3. The smallest absolute Gasteiger partial charge is 0.267 e. The van der Waals surface area contributed by atoms with Gasteiger partial charge in [-0.05, 0) is 23.6 Å². The van der Waals surface area contributed by atoms with Crippen LogP contribution in [0.1, 0.15) is 29.2 Å². The highest BCUT2D eigenvalue weighted by atomic mass is 32.1. The minimum atomic E-state index is -0.0597. The second kappa shape index (κ2) is 5.37. The highest BCUT2D eigenvalue weighted by molar-refractivity contribution is 7.10. The Morgan fingerprint density at radius 3 is 2.76 bits per heavy atom. The molecule has 21 heavy (non-hydrogen) atoms. The number of aromatic nitrogens is 1. The van der Waals surface area contributed by atoms with Gasteiger partial charge in [0, 0.05) is 27.7 Å². The molecule has 0 unspecified atom stereocenters. The number of thiophene rings is 1. The summed E-state index contributed by atoms with van der Waals surface area (Å²) in [5, 5.41) is 6.15. The number of hydrogen-bond donors (Lipinski definition) is 2. The molecule has 0 aliphatic rings. The predicted octanol–water partition coefficient (Wildman–Crippen LogP) is 3.94. The van der Waals surface area contributed by atoms with Crippen molar-refractivity contribution >= 4 is 28.1 Å². The zero-order valence-corrected chi connectivity index (χ0v) is 13.0. The summed E-state index contributed by atoms with van der Waals surface area (Å²) in [6.07, 6.45) is 0. The summed E-state index contributed by atoms with van der Waals surface area (Å²) < 4.78 is 0. The van der Waals surface area contributed by atoms with E-state index < -0.39 is 0 Å². The third-order valence-electron chi connectivity index (χ3n) is 3.65. The molecule has 3 rings (SSSR count). The summed E-state index contributed by atoms with van der Waals surface area (Å²) in [5.41, 5.74) is 1.54. The van der Waals surface area contributed by atoms with Crippen LogP contribution in [0.25, 0.3) is 10.9 Å². The molecule has 0 bridgehead atoms. The molecule has 3 nitrogen and oxygen atoms in total. The van der Waals surface area contributed by atoms with Gasteiger partial charge >= 0.3 is 0 Å². The molecule has 1 aromatic carbocycles. The van der Waals surface area contributed by atoms with Gasteiger partial charge in [-0.1, -0.05) is 38.1 Å². The predicted molar refractivity (Wildman–Crippen MR) is 88.0 cm³/mol. The Morgan fingerprint density at radius 2 is 2.05 bits per heavy atom. The number of hydrogen-bond acceptors (Lipinski definition) is 2. The van der Waals surface area contributed by atoms with Crippen LogP contribution in [0.4, 0.5) is 0 Å². The molecule has 0 spiro atoms. The molecular weight excluding hydrogens is 280 g/mol. The van der Waals surface area contributed by atoms with E-state index in [1.54, 1.807) is 11.3 Å². The number of rotatable bonds is 4. The van der Waals surface area contributed by atoms with Gasteiger partial charge in [-0.25, -0.2) is 0 Å². The lowest BCUT2D eigenvalue weighted by Crippen LogP contribution is -2.36. The second-order valence-corrected chi connectivity index (χ2v) is 6.76. The van der Waals surface area contributed by atoms with Gasteiger partial charge in [0.05, 0.1) is 0 Å². The van der Waals surface area contributed by atoms with E-state index in [0.717, 1.165) is 10.9 Å². The Balaban J connectivity index is 1.72. The Labute approximate surface area is 128 Å². The molecule has 0 radical (unpaired) electrons. The number of H-pyrrole nitrogens is 1. The summed E-state index contributed by atoms with van der Waals surface area (Å²) in [7, 11) is 0. The van der Waals surface area contributed by atoms with Crippen LogP contribution in [0, 0.1) is 0 Å². The number of nitrogens with one attached hydrogen (secondary N) is 2. The number of para-hydroxylation sites is 1. The highest BCUT2D eigenvalue weighted by Crippen LogP contribution is 2.26. The zero-order valence-electron chi connectivity index (χ0n) is 12.1. The van der Waals surface area contributed by atoms with E-state index in [2.05, 4.69) is 35.6 Å². The third kappa shape index (κ3) is 2.85. The first-order valence-electron chi connectivity index (χ1n) is 6.96. The number of aromatic amines is 1. The minimum Gasteiger partial charge on any atom is -0.351 e. The van der Waals surface area contributed by atoms with Gasteiger partial charge in [0.25, 0.3) is 5.91 Å². The largest absolute Gasteiger partial charge is 0.351 e. The molecule has 0 fully saturated rings. The summed E-state index contributed by atoms with van der Waals surface area (Å²) in [6.45, 7) is 4.90. The lowest BCUT2D eigenvalue weighted by molar-refractivity contribution is 0.0942. The zero-order chi connectivity index (χ0) is 14.9.